The van der Waals surface area contributed by atoms with Crippen LogP contribution in [-0.4, -0.2) is 44.8 Å². The Bertz CT molecular complexity index is 771. The van der Waals surface area contributed by atoms with Crippen LogP contribution in [0.4, 0.5) is 13.2 Å². The molecule has 0 saturated heterocycles. The van der Waals surface area contributed by atoms with Gasteiger partial charge in [-0.05, 0) is 31.2 Å². The molecule has 1 heterocycles. The molecule has 6 nitrogen and oxygen atoms in total. The summed E-state index contributed by atoms with van der Waals surface area (Å²) in [6, 6.07) is 5.16. The molecule has 1 atom stereocenters. The lowest BCUT2D eigenvalue weighted by Crippen LogP contribution is -2.40. The van der Waals surface area contributed by atoms with Crippen molar-refractivity contribution in [3.63, 3.8) is 0 Å². The van der Waals surface area contributed by atoms with Crippen molar-refractivity contribution in [2.45, 2.75) is 19.1 Å². The van der Waals surface area contributed by atoms with E-state index in [9.17, 15) is 22.8 Å². The van der Waals surface area contributed by atoms with E-state index in [1.165, 1.54) is 38.2 Å². The Hall–Kier alpha value is -2.84. The number of aliphatic carboxylic acids is 1. The topological polar surface area (TPSA) is 75.4 Å². The first-order valence-electron chi connectivity index (χ1n) is 6.84. The fourth-order valence-corrected chi connectivity index (χ4v) is 2.04. The van der Waals surface area contributed by atoms with Crippen molar-refractivity contribution in [2.75, 3.05) is 7.05 Å². The van der Waals surface area contributed by atoms with E-state index >= 15 is 0 Å². The summed E-state index contributed by atoms with van der Waals surface area (Å²) in [5.74, 6) is -1.80. The molecule has 0 fully saturated rings. The number of alkyl halides is 3. The summed E-state index contributed by atoms with van der Waals surface area (Å²) in [5.41, 5.74) is -0.861. The minimum Gasteiger partial charge on any atom is -0.480 e. The number of carbonyl (C=O) groups is 2. The van der Waals surface area contributed by atoms with Gasteiger partial charge in [-0.2, -0.15) is 18.3 Å². The van der Waals surface area contributed by atoms with Crippen LogP contribution in [0.5, 0.6) is 0 Å². The average molecular weight is 341 g/mol. The average Bonchev–Trinajstić information content (AvgIpc) is 3.02. The first-order valence-corrected chi connectivity index (χ1v) is 6.84. The van der Waals surface area contributed by atoms with Crippen molar-refractivity contribution < 1.29 is 27.9 Å². The molecule has 0 saturated carbocycles. The highest BCUT2D eigenvalue weighted by Gasteiger charge is 2.35. The number of rotatable bonds is 4. The first-order chi connectivity index (χ1) is 11.1. The summed E-state index contributed by atoms with van der Waals surface area (Å²) in [6.45, 7) is 1.33. The number of aromatic nitrogens is 2. The molecule has 2 rings (SSSR count). The number of hydrogen-bond acceptors (Lipinski definition) is 3. The van der Waals surface area contributed by atoms with E-state index < -0.39 is 29.8 Å². The monoisotopic (exact) mass is 341 g/mol. The highest BCUT2D eigenvalue weighted by Crippen LogP contribution is 2.30. The van der Waals surface area contributed by atoms with E-state index in [0.717, 1.165) is 17.2 Å². The fraction of sp³-hybridized carbons (Fsp3) is 0.267. The van der Waals surface area contributed by atoms with Crippen molar-refractivity contribution >= 4 is 11.9 Å². The zero-order valence-electron chi connectivity index (χ0n) is 12.8. The largest absolute Gasteiger partial charge is 0.480 e. The van der Waals surface area contributed by atoms with E-state index in [-0.39, 0.29) is 11.3 Å². The summed E-state index contributed by atoms with van der Waals surface area (Å²) < 4.78 is 39.5. The van der Waals surface area contributed by atoms with Crippen LogP contribution in [0.3, 0.4) is 0 Å². The van der Waals surface area contributed by atoms with Gasteiger partial charge in [-0.25, -0.2) is 9.48 Å². The predicted molar refractivity (Wildman–Crippen MR) is 77.8 cm³/mol. The normalized spacial score (nSPS) is 12.7. The fourth-order valence-electron chi connectivity index (χ4n) is 2.04. The van der Waals surface area contributed by atoms with Gasteiger partial charge in [0.25, 0.3) is 5.91 Å². The molecule has 0 aliphatic heterocycles. The molecule has 1 aromatic carbocycles. The summed E-state index contributed by atoms with van der Waals surface area (Å²) in [6.07, 6.45) is -3.58. The molecule has 24 heavy (non-hydrogen) atoms. The lowest BCUT2D eigenvalue weighted by Gasteiger charge is -2.21. The number of halogens is 3. The lowest BCUT2D eigenvalue weighted by atomic mass is 10.1. The van der Waals surface area contributed by atoms with Gasteiger partial charge in [0.05, 0.1) is 11.9 Å². The molecular weight excluding hydrogens is 327 g/mol. The number of benzene rings is 1. The number of hydrogen-bond donors (Lipinski definition) is 1. The second-order valence-electron chi connectivity index (χ2n) is 5.11. The second-order valence-corrected chi connectivity index (χ2v) is 5.11. The zero-order valence-corrected chi connectivity index (χ0v) is 12.8. The molecule has 1 aromatic heterocycles. The molecule has 0 aliphatic rings. The zero-order chi connectivity index (χ0) is 18.1. The number of likely N-dealkylation sites (N-methyl/N-ethyl adjacent to an activating group) is 1. The standard InChI is InChI=1S/C15H14F3N3O3/c1-9(14(23)24)20(2)13(22)10-4-3-5-11(8-10)21-12(6-7-19-21)15(16,17)18/h3-9H,1-2H3,(H,23,24). The Morgan fingerprint density at radius 2 is 1.96 bits per heavy atom. The number of carbonyl (C=O) groups excluding carboxylic acids is 1. The van der Waals surface area contributed by atoms with Crippen LogP contribution < -0.4 is 0 Å². The predicted octanol–water partition coefficient (Wildman–Crippen LogP) is 2.44. The molecule has 128 valence electrons. The first kappa shape index (κ1) is 17.5. The second kappa shape index (κ2) is 6.34. The molecule has 2 aromatic rings. The van der Waals surface area contributed by atoms with Gasteiger partial charge in [0.1, 0.15) is 11.7 Å². The van der Waals surface area contributed by atoms with Gasteiger partial charge in [-0.3, -0.25) is 4.79 Å². The Balaban J connectivity index is 2.39. The van der Waals surface area contributed by atoms with Gasteiger partial charge >= 0.3 is 12.1 Å². The van der Waals surface area contributed by atoms with Crippen molar-refractivity contribution in [1.29, 1.82) is 0 Å². The van der Waals surface area contributed by atoms with Crippen LogP contribution in [0.2, 0.25) is 0 Å². The quantitative estimate of drug-likeness (QED) is 0.927. The SMILES string of the molecule is CC(C(=O)O)N(C)C(=O)c1cccc(-n2nccc2C(F)(F)F)c1. The summed E-state index contributed by atoms with van der Waals surface area (Å²) in [7, 11) is 1.31. The highest BCUT2D eigenvalue weighted by molar-refractivity contribution is 5.96. The smallest absolute Gasteiger partial charge is 0.433 e. The van der Waals surface area contributed by atoms with Crippen LogP contribution in [0.1, 0.15) is 23.0 Å². The van der Waals surface area contributed by atoms with Crippen LogP contribution >= 0.6 is 0 Å². The summed E-state index contributed by atoms with van der Waals surface area (Å²) in [4.78, 5) is 24.3. The van der Waals surface area contributed by atoms with Crippen molar-refractivity contribution in [3.8, 4) is 5.69 Å². The van der Waals surface area contributed by atoms with Gasteiger partial charge in [0.2, 0.25) is 0 Å². The Morgan fingerprint density at radius 3 is 2.54 bits per heavy atom. The van der Waals surface area contributed by atoms with Gasteiger partial charge in [-0.1, -0.05) is 6.07 Å². The number of amides is 1. The van der Waals surface area contributed by atoms with Crippen molar-refractivity contribution in [2.24, 2.45) is 0 Å². The van der Waals surface area contributed by atoms with Crippen LogP contribution in [0.15, 0.2) is 36.5 Å². The maximum Gasteiger partial charge on any atom is 0.433 e. The van der Waals surface area contributed by atoms with Gasteiger partial charge in [0.15, 0.2) is 0 Å². The van der Waals surface area contributed by atoms with Crippen molar-refractivity contribution in [3.05, 3.63) is 47.8 Å². The number of carboxylic acids is 1. The molecule has 1 unspecified atom stereocenters. The number of nitrogens with zero attached hydrogens (tertiary/aromatic N) is 3. The third kappa shape index (κ3) is 3.39. The van der Waals surface area contributed by atoms with Gasteiger partial charge in [0, 0.05) is 12.6 Å². The molecule has 0 radical (unpaired) electrons. The summed E-state index contributed by atoms with van der Waals surface area (Å²) >= 11 is 0. The third-order valence-corrected chi connectivity index (χ3v) is 3.53. The summed E-state index contributed by atoms with van der Waals surface area (Å²) in [5, 5.41) is 12.6. The van der Waals surface area contributed by atoms with E-state index in [4.69, 9.17) is 5.11 Å². The Kier molecular flexibility index (Phi) is 4.63. The van der Waals surface area contributed by atoms with E-state index in [1.807, 2.05) is 0 Å². The maximum absolute atomic E-state index is 12.9. The molecule has 1 N–H and O–H groups in total. The molecular formula is C15H14F3N3O3. The van der Waals surface area contributed by atoms with Crippen LogP contribution in [0, 0.1) is 0 Å². The van der Waals surface area contributed by atoms with E-state index in [1.54, 1.807) is 0 Å². The molecule has 0 aliphatic carbocycles. The molecule has 9 heteroatoms. The number of carboxylic acid groups (broad SMARTS) is 1. The molecule has 0 bridgehead atoms. The Labute approximate surface area is 135 Å². The lowest BCUT2D eigenvalue weighted by molar-refractivity contribution is -0.143. The maximum atomic E-state index is 12.9. The van der Waals surface area contributed by atoms with Gasteiger partial charge < -0.3 is 10.0 Å². The van der Waals surface area contributed by atoms with E-state index in [0.29, 0.717) is 4.68 Å². The Morgan fingerprint density at radius 1 is 1.29 bits per heavy atom. The minimum absolute atomic E-state index is 0.0505. The third-order valence-electron chi connectivity index (χ3n) is 3.53. The molecule has 0 spiro atoms. The van der Waals surface area contributed by atoms with Crippen molar-refractivity contribution in [1.82, 2.24) is 14.7 Å². The van der Waals surface area contributed by atoms with Gasteiger partial charge in [-0.15, -0.1) is 0 Å². The van der Waals surface area contributed by atoms with Crippen LogP contribution in [-0.2, 0) is 11.0 Å². The van der Waals surface area contributed by atoms with Crippen LogP contribution in [0.25, 0.3) is 5.69 Å². The highest BCUT2D eigenvalue weighted by atomic mass is 19.4. The minimum atomic E-state index is -4.59. The van der Waals surface area contributed by atoms with E-state index in [2.05, 4.69) is 5.10 Å². The molecule has 1 amide bonds.